The van der Waals surface area contributed by atoms with Crippen molar-refractivity contribution in [2.24, 2.45) is 11.7 Å². The van der Waals surface area contributed by atoms with E-state index >= 15 is 0 Å². The molecule has 0 radical (unpaired) electrons. The standard InChI is InChI=1S/C15H19ClN4O.ClH/c1-10-6-11(7-17)8-20(10)9-14-18-15(19-21-14)12-2-4-13(16)5-3-12;/h2-5,10-11H,6-9,17H2,1H3;1H. The summed E-state index contributed by atoms with van der Waals surface area (Å²) in [5, 5.41) is 4.74. The number of hydrogen-bond acceptors (Lipinski definition) is 5. The van der Waals surface area contributed by atoms with Crippen LogP contribution < -0.4 is 5.73 Å². The molecule has 7 heteroatoms. The first kappa shape index (κ1) is 17.2. The lowest BCUT2D eigenvalue weighted by atomic mass is 10.1. The molecule has 2 heterocycles. The van der Waals surface area contributed by atoms with E-state index in [1.807, 2.05) is 24.3 Å². The fourth-order valence-electron chi connectivity index (χ4n) is 2.82. The molecule has 2 atom stereocenters. The van der Waals surface area contributed by atoms with Crippen LogP contribution in [0.4, 0.5) is 0 Å². The van der Waals surface area contributed by atoms with E-state index in [0.29, 0.717) is 35.2 Å². The van der Waals surface area contributed by atoms with Crippen molar-refractivity contribution in [3.8, 4) is 11.4 Å². The van der Waals surface area contributed by atoms with E-state index in [0.717, 1.165) is 25.1 Å². The average Bonchev–Trinajstić information content (AvgIpc) is 3.08. The number of nitrogens with zero attached hydrogens (tertiary/aromatic N) is 3. The molecule has 5 nitrogen and oxygen atoms in total. The van der Waals surface area contributed by atoms with Gasteiger partial charge in [-0.25, -0.2) is 0 Å². The number of hydrogen-bond donors (Lipinski definition) is 1. The second kappa shape index (κ2) is 7.42. The average molecular weight is 343 g/mol. The van der Waals surface area contributed by atoms with Crippen molar-refractivity contribution < 1.29 is 4.52 Å². The van der Waals surface area contributed by atoms with E-state index in [2.05, 4.69) is 22.0 Å². The Morgan fingerprint density at radius 2 is 2.09 bits per heavy atom. The van der Waals surface area contributed by atoms with Crippen LogP contribution in [0, 0.1) is 5.92 Å². The highest BCUT2D eigenvalue weighted by Crippen LogP contribution is 2.24. The quantitative estimate of drug-likeness (QED) is 0.924. The van der Waals surface area contributed by atoms with Crippen LogP contribution in [0.25, 0.3) is 11.4 Å². The topological polar surface area (TPSA) is 68.2 Å². The molecule has 2 aromatic rings. The fourth-order valence-corrected chi connectivity index (χ4v) is 2.94. The Balaban J connectivity index is 0.00000176. The summed E-state index contributed by atoms with van der Waals surface area (Å²) in [5.74, 6) is 1.81. The van der Waals surface area contributed by atoms with E-state index in [1.165, 1.54) is 0 Å². The predicted molar refractivity (Wildman–Crippen MR) is 89.0 cm³/mol. The largest absolute Gasteiger partial charge is 0.338 e. The van der Waals surface area contributed by atoms with Gasteiger partial charge in [-0.2, -0.15) is 4.98 Å². The number of likely N-dealkylation sites (tertiary alicyclic amines) is 1. The highest BCUT2D eigenvalue weighted by atomic mass is 35.5. The van der Waals surface area contributed by atoms with Gasteiger partial charge in [-0.3, -0.25) is 4.90 Å². The summed E-state index contributed by atoms with van der Waals surface area (Å²) >= 11 is 5.88. The molecule has 1 aliphatic heterocycles. The van der Waals surface area contributed by atoms with E-state index in [4.69, 9.17) is 21.9 Å². The summed E-state index contributed by atoms with van der Waals surface area (Å²) in [7, 11) is 0. The van der Waals surface area contributed by atoms with Crippen molar-refractivity contribution in [3.63, 3.8) is 0 Å². The minimum absolute atomic E-state index is 0. The normalized spacial score (nSPS) is 21.8. The van der Waals surface area contributed by atoms with Gasteiger partial charge in [0.15, 0.2) is 0 Å². The maximum atomic E-state index is 5.88. The van der Waals surface area contributed by atoms with E-state index < -0.39 is 0 Å². The van der Waals surface area contributed by atoms with Crippen LogP contribution in [0.3, 0.4) is 0 Å². The molecule has 1 aromatic carbocycles. The molecular weight excluding hydrogens is 323 g/mol. The molecule has 3 rings (SSSR count). The smallest absolute Gasteiger partial charge is 0.241 e. The zero-order valence-electron chi connectivity index (χ0n) is 12.4. The fraction of sp³-hybridized carbons (Fsp3) is 0.467. The number of rotatable bonds is 4. The van der Waals surface area contributed by atoms with Gasteiger partial charge >= 0.3 is 0 Å². The maximum Gasteiger partial charge on any atom is 0.241 e. The molecule has 1 fully saturated rings. The predicted octanol–water partition coefficient (Wildman–Crippen LogP) is 2.98. The van der Waals surface area contributed by atoms with Gasteiger partial charge in [0.1, 0.15) is 0 Å². The molecule has 0 bridgehead atoms. The Labute approximate surface area is 141 Å². The summed E-state index contributed by atoms with van der Waals surface area (Å²) in [6.45, 7) is 4.63. The van der Waals surface area contributed by atoms with Crippen LogP contribution in [0.15, 0.2) is 28.8 Å². The van der Waals surface area contributed by atoms with Crippen LogP contribution in [0.2, 0.25) is 5.02 Å². The lowest BCUT2D eigenvalue weighted by molar-refractivity contribution is 0.218. The van der Waals surface area contributed by atoms with Crippen molar-refractivity contribution >= 4 is 24.0 Å². The molecule has 1 aliphatic rings. The Kier molecular flexibility index (Phi) is 5.81. The summed E-state index contributed by atoms with van der Waals surface area (Å²) in [6, 6.07) is 7.92. The third-order valence-corrected chi connectivity index (χ3v) is 4.28. The minimum Gasteiger partial charge on any atom is -0.338 e. The van der Waals surface area contributed by atoms with Crippen molar-refractivity contribution in [3.05, 3.63) is 35.2 Å². The molecule has 0 saturated carbocycles. The lowest BCUT2D eigenvalue weighted by Gasteiger charge is -2.18. The second-order valence-corrected chi connectivity index (χ2v) is 6.07. The van der Waals surface area contributed by atoms with Crippen molar-refractivity contribution in [2.75, 3.05) is 13.1 Å². The first-order valence-corrected chi connectivity index (χ1v) is 7.56. The molecule has 1 aromatic heterocycles. The molecule has 22 heavy (non-hydrogen) atoms. The van der Waals surface area contributed by atoms with Crippen LogP contribution in [-0.2, 0) is 6.54 Å². The first-order valence-electron chi connectivity index (χ1n) is 7.18. The van der Waals surface area contributed by atoms with Gasteiger partial charge < -0.3 is 10.3 Å². The minimum atomic E-state index is 0. The van der Waals surface area contributed by atoms with Crippen LogP contribution in [0.1, 0.15) is 19.2 Å². The zero-order chi connectivity index (χ0) is 14.8. The van der Waals surface area contributed by atoms with Crippen LogP contribution in [-0.4, -0.2) is 34.2 Å². The molecule has 2 unspecified atom stereocenters. The molecule has 2 N–H and O–H groups in total. The van der Waals surface area contributed by atoms with Crippen molar-refractivity contribution in [2.45, 2.75) is 25.9 Å². The van der Waals surface area contributed by atoms with Crippen LogP contribution in [0.5, 0.6) is 0 Å². The third-order valence-electron chi connectivity index (χ3n) is 4.03. The monoisotopic (exact) mass is 342 g/mol. The van der Waals surface area contributed by atoms with Crippen molar-refractivity contribution in [1.82, 2.24) is 15.0 Å². The first-order chi connectivity index (χ1) is 10.2. The lowest BCUT2D eigenvalue weighted by Crippen LogP contribution is -2.27. The van der Waals surface area contributed by atoms with Crippen molar-refractivity contribution in [1.29, 1.82) is 0 Å². The Bertz CT molecular complexity index is 602. The van der Waals surface area contributed by atoms with E-state index in [-0.39, 0.29) is 12.4 Å². The second-order valence-electron chi connectivity index (χ2n) is 5.63. The van der Waals surface area contributed by atoms with Gasteiger partial charge in [0.25, 0.3) is 0 Å². The number of benzene rings is 1. The highest BCUT2D eigenvalue weighted by Gasteiger charge is 2.29. The maximum absolute atomic E-state index is 5.88. The molecule has 0 spiro atoms. The number of aromatic nitrogens is 2. The van der Waals surface area contributed by atoms with E-state index in [1.54, 1.807) is 0 Å². The molecule has 1 saturated heterocycles. The molecule has 0 aliphatic carbocycles. The highest BCUT2D eigenvalue weighted by molar-refractivity contribution is 6.30. The third kappa shape index (κ3) is 3.79. The van der Waals surface area contributed by atoms with Gasteiger partial charge in [0.05, 0.1) is 6.54 Å². The zero-order valence-corrected chi connectivity index (χ0v) is 14.0. The summed E-state index contributed by atoms with van der Waals surface area (Å²) in [5.41, 5.74) is 6.66. The molecular formula is C15H20Cl2N4O. The summed E-state index contributed by atoms with van der Waals surface area (Å²) in [6.07, 6.45) is 1.13. The molecule has 0 amide bonds. The van der Waals surface area contributed by atoms with Gasteiger partial charge in [-0.1, -0.05) is 16.8 Å². The summed E-state index contributed by atoms with van der Waals surface area (Å²) < 4.78 is 5.36. The van der Waals surface area contributed by atoms with Gasteiger partial charge in [-0.05, 0) is 50.1 Å². The summed E-state index contributed by atoms with van der Waals surface area (Å²) in [4.78, 5) is 6.81. The SMILES string of the molecule is CC1CC(CN)CN1Cc1nc(-c2ccc(Cl)cc2)no1.Cl. The number of halogens is 2. The Hall–Kier alpha value is -1.14. The Morgan fingerprint density at radius 1 is 1.36 bits per heavy atom. The number of nitrogens with two attached hydrogens (primary N) is 1. The molecule has 120 valence electrons. The van der Waals surface area contributed by atoms with E-state index in [9.17, 15) is 0 Å². The van der Waals surface area contributed by atoms with Crippen LogP contribution >= 0.6 is 24.0 Å². The Morgan fingerprint density at radius 3 is 2.73 bits per heavy atom. The van der Waals surface area contributed by atoms with Gasteiger partial charge in [0.2, 0.25) is 11.7 Å². The van der Waals surface area contributed by atoms with Gasteiger partial charge in [-0.15, -0.1) is 12.4 Å². The van der Waals surface area contributed by atoms with Gasteiger partial charge in [0, 0.05) is 23.2 Å².